The van der Waals surface area contributed by atoms with Crippen LogP contribution in [-0.4, -0.2) is 13.2 Å². The van der Waals surface area contributed by atoms with E-state index in [-0.39, 0.29) is 6.04 Å². The highest BCUT2D eigenvalue weighted by Gasteiger charge is 2.08. The highest BCUT2D eigenvalue weighted by molar-refractivity contribution is 5.87. The van der Waals surface area contributed by atoms with Gasteiger partial charge in [-0.1, -0.05) is 24.3 Å². The second-order valence-electron chi connectivity index (χ2n) is 5.06. The summed E-state index contributed by atoms with van der Waals surface area (Å²) < 4.78 is 5.31. The number of fused-ring (bicyclic) bond motifs is 1. The molecule has 20 heavy (non-hydrogen) atoms. The predicted molar refractivity (Wildman–Crippen MR) is 84.9 cm³/mol. The van der Waals surface area contributed by atoms with Gasteiger partial charge in [0.05, 0.1) is 7.11 Å². The van der Waals surface area contributed by atoms with E-state index < -0.39 is 0 Å². The Hall–Kier alpha value is -1.98. The van der Waals surface area contributed by atoms with Crippen LogP contribution in [0.3, 0.4) is 0 Å². The summed E-state index contributed by atoms with van der Waals surface area (Å²) in [5, 5.41) is 2.44. The lowest BCUT2D eigenvalue weighted by Gasteiger charge is -2.13. The zero-order chi connectivity index (χ0) is 14.4. The first-order valence-corrected chi connectivity index (χ1v) is 6.99. The molecule has 0 fully saturated rings. The Morgan fingerprint density at radius 1 is 1.30 bits per heavy atom. The SMILES string of the molecule is C#CCCCC(N)Cc1cccc2ccc(OC)cc12. The van der Waals surface area contributed by atoms with Gasteiger partial charge in [-0.25, -0.2) is 0 Å². The van der Waals surface area contributed by atoms with Crippen molar-refractivity contribution in [2.75, 3.05) is 7.11 Å². The lowest BCUT2D eigenvalue weighted by molar-refractivity contribution is 0.415. The zero-order valence-corrected chi connectivity index (χ0v) is 11.9. The van der Waals surface area contributed by atoms with Crippen LogP contribution in [0.15, 0.2) is 36.4 Å². The number of methoxy groups -OCH3 is 1. The zero-order valence-electron chi connectivity index (χ0n) is 11.9. The molecule has 2 nitrogen and oxygen atoms in total. The molecule has 2 heteroatoms. The molecule has 2 N–H and O–H groups in total. The summed E-state index contributed by atoms with van der Waals surface area (Å²) in [5.74, 6) is 3.54. The summed E-state index contributed by atoms with van der Waals surface area (Å²) in [6.07, 6.45) is 8.90. The van der Waals surface area contributed by atoms with Crippen LogP contribution in [0, 0.1) is 12.3 Å². The van der Waals surface area contributed by atoms with E-state index in [1.54, 1.807) is 7.11 Å². The number of ether oxygens (including phenoxy) is 1. The Morgan fingerprint density at radius 2 is 2.15 bits per heavy atom. The minimum absolute atomic E-state index is 0.153. The van der Waals surface area contributed by atoms with Crippen molar-refractivity contribution in [1.82, 2.24) is 0 Å². The van der Waals surface area contributed by atoms with Crippen LogP contribution in [0.1, 0.15) is 24.8 Å². The molecule has 0 radical (unpaired) electrons. The Balaban J connectivity index is 2.18. The second-order valence-corrected chi connectivity index (χ2v) is 5.06. The summed E-state index contributed by atoms with van der Waals surface area (Å²) in [7, 11) is 1.69. The minimum atomic E-state index is 0.153. The van der Waals surface area contributed by atoms with Crippen molar-refractivity contribution in [2.24, 2.45) is 5.73 Å². The molecule has 0 aliphatic rings. The van der Waals surface area contributed by atoms with Gasteiger partial charge in [-0.05, 0) is 47.7 Å². The van der Waals surface area contributed by atoms with E-state index in [0.717, 1.165) is 31.4 Å². The van der Waals surface area contributed by atoms with Gasteiger partial charge >= 0.3 is 0 Å². The fourth-order valence-electron chi connectivity index (χ4n) is 2.47. The third-order valence-electron chi connectivity index (χ3n) is 3.56. The maximum Gasteiger partial charge on any atom is 0.119 e. The summed E-state index contributed by atoms with van der Waals surface area (Å²) in [5.41, 5.74) is 7.48. The first-order valence-electron chi connectivity index (χ1n) is 6.99. The molecule has 0 spiro atoms. The third-order valence-corrected chi connectivity index (χ3v) is 3.56. The fraction of sp³-hybridized carbons (Fsp3) is 0.333. The molecular weight excluding hydrogens is 246 g/mol. The standard InChI is InChI=1S/C18H21NO/c1-3-4-5-9-16(19)12-15-8-6-7-14-10-11-17(20-2)13-18(14)15/h1,6-8,10-11,13,16H,4-5,9,12,19H2,2H3. The first-order chi connectivity index (χ1) is 9.74. The van der Waals surface area contributed by atoms with E-state index in [1.165, 1.54) is 16.3 Å². The van der Waals surface area contributed by atoms with Crippen molar-refractivity contribution < 1.29 is 4.74 Å². The molecule has 0 aliphatic heterocycles. The Labute approximate surface area is 120 Å². The Kier molecular flexibility index (Phi) is 5.03. The van der Waals surface area contributed by atoms with E-state index in [4.69, 9.17) is 16.9 Å². The minimum Gasteiger partial charge on any atom is -0.497 e. The number of hydrogen-bond donors (Lipinski definition) is 1. The molecule has 2 rings (SSSR count). The molecule has 0 saturated carbocycles. The fourth-order valence-corrected chi connectivity index (χ4v) is 2.47. The van der Waals surface area contributed by atoms with Crippen LogP contribution in [0.25, 0.3) is 10.8 Å². The maximum absolute atomic E-state index is 6.21. The maximum atomic E-state index is 6.21. The molecule has 0 aliphatic carbocycles. The Morgan fingerprint density at radius 3 is 2.90 bits per heavy atom. The van der Waals surface area contributed by atoms with Gasteiger partial charge in [-0.3, -0.25) is 0 Å². The van der Waals surface area contributed by atoms with Gasteiger partial charge in [-0.15, -0.1) is 12.3 Å². The van der Waals surface area contributed by atoms with Crippen molar-refractivity contribution in [2.45, 2.75) is 31.7 Å². The number of benzene rings is 2. The van der Waals surface area contributed by atoms with Crippen molar-refractivity contribution in [3.05, 3.63) is 42.0 Å². The lowest BCUT2D eigenvalue weighted by atomic mass is 9.96. The summed E-state index contributed by atoms with van der Waals surface area (Å²) >= 11 is 0. The quantitative estimate of drug-likeness (QED) is 0.642. The van der Waals surface area contributed by atoms with Gasteiger partial charge in [0.2, 0.25) is 0 Å². The molecule has 0 aromatic heterocycles. The largest absolute Gasteiger partial charge is 0.497 e. The summed E-state index contributed by atoms with van der Waals surface area (Å²) in [6, 6.07) is 12.6. The molecule has 0 saturated heterocycles. The topological polar surface area (TPSA) is 35.2 Å². The number of hydrogen-bond acceptors (Lipinski definition) is 2. The second kappa shape index (κ2) is 6.98. The van der Waals surface area contributed by atoms with Gasteiger partial charge in [0.15, 0.2) is 0 Å². The van der Waals surface area contributed by atoms with E-state index in [1.807, 2.05) is 6.07 Å². The monoisotopic (exact) mass is 267 g/mol. The van der Waals surface area contributed by atoms with Crippen molar-refractivity contribution >= 4 is 10.8 Å². The van der Waals surface area contributed by atoms with Gasteiger partial charge in [0.1, 0.15) is 5.75 Å². The molecule has 0 heterocycles. The molecule has 0 bridgehead atoms. The van der Waals surface area contributed by atoms with Crippen molar-refractivity contribution in [3.63, 3.8) is 0 Å². The number of nitrogens with two attached hydrogens (primary N) is 1. The molecule has 2 aromatic rings. The van der Waals surface area contributed by atoms with E-state index in [0.29, 0.717) is 0 Å². The summed E-state index contributed by atoms with van der Waals surface area (Å²) in [4.78, 5) is 0. The molecular formula is C18H21NO. The van der Waals surface area contributed by atoms with E-state index >= 15 is 0 Å². The van der Waals surface area contributed by atoms with Gasteiger partial charge in [0.25, 0.3) is 0 Å². The first kappa shape index (κ1) is 14.4. The molecule has 104 valence electrons. The average molecular weight is 267 g/mol. The van der Waals surface area contributed by atoms with Crippen molar-refractivity contribution in [3.8, 4) is 18.1 Å². The molecule has 1 unspecified atom stereocenters. The molecule has 1 atom stereocenters. The van der Waals surface area contributed by atoms with E-state index in [9.17, 15) is 0 Å². The highest BCUT2D eigenvalue weighted by atomic mass is 16.5. The summed E-state index contributed by atoms with van der Waals surface area (Å²) in [6.45, 7) is 0. The molecule has 2 aromatic carbocycles. The third kappa shape index (κ3) is 3.53. The predicted octanol–water partition coefficient (Wildman–Crippen LogP) is 3.52. The average Bonchev–Trinajstić information content (AvgIpc) is 2.47. The van der Waals surface area contributed by atoms with E-state index in [2.05, 4.69) is 36.3 Å². The lowest BCUT2D eigenvalue weighted by Crippen LogP contribution is -2.22. The van der Waals surface area contributed by atoms with Crippen LogP contribution in [0.4, 0.5) is 0 Å². The van der Waals surface area contributed by atoms with Crippen LogP contribution in [0.5, 0.6) is 5.75 Å². The van der Waals surface area contributed by atoms with Crippen LogP contribution < -0.4 is 10.5 Å². The number of rotatable bonds is 6. The number of terminal acetylenes is 1. The van der Waals surface area contributed by atoms with Crippen LogP contribution in [0.2, 0.25) is 0 Å². The normalized spacial score (nSPS) is 12.1. The smallest absolute Gasteiger partial charge is 0.119 e. The van der Waals surface area contributed by atoms with Gasteiger partial charge < -0.3 is 10.5 Å². The van der Waals surface area contributed by atoms with Crippen LogP contribution in [-0.2, 0) is 6.42 Å². The van der Waals surface area contributed by atoms with Crippen LogP contribution >= 0.6 is 0 Å². The molecule has 0 amide bonds. The number of unbranched alkanes of at least 4 members (excludes halogenated alkanes) is 1. The van der Waals surface area contributed by atoms with Gasteiger partial charge in [0, 0.05) is 12.5 Å². The highest BCUT2D eigenvalue weighted by Crippen LogP contribution is 2.25. The van der Waals surface area contributed by atoms with Gasteiger partial charge in [-0.2, -0.15) is 0 Å². The van der Waals surface area contributed by atoms with Crippen molar-refractivity contribution in [1.29, 1.82) is 0 Å². The Bertz CT molecular complexity index is 612.